The Labute approximate surface area is 100 Å². The van der Waals surface area contributed by atoms with E-state index >= 15 is 0 Å². The molecule has 0 radical (unpaired) electrons. The van der Waals surface area contributed by atoms with Crippen LogP contribution in [0.3, 0.4) is 0 Å². The van der Waals surface area contributed by atoms with E-state index in [0.29, 0.717) is 6.07 Å². The smallest absolute Gasteiger partial charge is 0.305 e. The second-order valence-corrected chi connectivity index (χ2v) is 3.60. The molecule has 0 aliphatic heterocycles. The minimum Gasteiger partial charge on any atom is -0.394 e. The summed E-state index contributed by atoms with van der Waals surface area (Å²) in [5.74, 6) is -3.53. The number of rotatable bonds is 4. The second-order valence-electron chi connectivity index (χ2n) is 3.60. The molecule has 1 aromatic rings. The standard InChI is InChI=1S/C10H10F2N2O4/c1-5(4-15)13-10(16)6-2-9(14(17)18)8(12)3-7(6)11/h2-3,5,15H,4H2,1H3,(H,13,16)/t5-/m1/s1. The molecule has 0 saturated heterocycles. The number of hydrogen-bond acceptors (Lipinski definition) is 4. The van der Waals surface area contributed by atoms with Crippen LogP contribution in [0, 0.1) is 21.7 Å². The highest BCUT2D eigenvalue weighted by atomic mass is 19.1. The van der Waals surface area contributed by atoms with Gasteiger partial charge in [-0.25, -0.2) is 4.39 Å². The van der Waals surface area contributed by atoms with Gasteiger partial charge >= 0.3 is 5.69 Å². The van der Waals surface area contributed by atoms with Crippen molar-refractivity contribution in [1.82, 2.24) is 5.32 Å². The zero-order valence-electron chi connectivity index (χ0n) is 9.31. The molecule has 0 fully saturated rings. The molecule has 0 aliphatic carbocycles. The maximum Gasteiger partial charge on any atom is 0.305 e. The van der Waals surface area contributed by atoms with Crippen LogP contribution in [0.25, 0.3) is 0 Å². The fourth-order valence-corrected chi connectivity index (χ4v) is 1.20. The summed E-state index contributed by atoms with van der Waals surface area (Å²) in [7, 11) is 0. The maximum absolute atomic E-state index is 13.3. The molecule has 0 bridgehead atoms. The average molecular weight is 260 g/mol. The first-order chi connectivity index (χ1) is 8.36. The van der Waals surface area contributed by atoms with E-state index < -0.39 is 39.8 Å². The van der Waals surface area contributed by atoms with Crippen LogP contribution in [0.2, 0.25) is 0 Å². The summed E-state index contributed by atoms with van der Waals surface area (Å²) in [5, 5.41) is 21.4. The number of carbonyl (C=O) groups excluding carboxylic acids is 1. The van der Waals surface area contributed by atoms with Gasteiger partial charge in [0.15, 0.2) is 0 Å². The largest absolute Gasteiger partial charge is 0.394 e. The van der Waals surface area contributed by atoms with Crippen molar-refractivity contribution in [3.05, 3.63) is 39.4 Å². The first kappa shape index (κ1) is 14.0. The summed E-state index contributed by atoms with van der Waals surface area (Å²) in [5.41, 5.74) is -1.64. The summed E-state index contributed by atoms with van der Waals surface area (Å²) in [6.07, 6.45) is 0. The first-order valence-electron chi connectivity index (χ1n) is 4.92. The van der Waals surface area contributed by atoms with Gasteiger partial charge in [-0.1, -0.05) is 0 Å². The Morgan fingerprint density at radius 3 is 2.61 bits per heavy atom. The lowest BCUT2D eigenvalue weighted by Crippen LogP contribution is -2.35. The van der Waals surface area contributed by atoms with Crippen molar-refractivity contribution in [2.45, 2.75) is 13.0 Å². The number of aliphatic hydroxyl groups is 1. The van der Waals surface area contributed by atoms with E-state index in [1.165, 1.54) is 6.92 Å². The Morgan fingerprint density at radius 2 is 2.11 bits per heavy atom. The minimum atomic E-state index is -1.36. The molecule has 0 saturated carbocycles. The monoisotopic (exact) mass is 260 g/mol. The number of nitrogens with zero attached hydrogens (tertiary/aromatic N) is 1. The van der Waals surface area contributed by atoms with Crippen molar-refractivity contribution < 1.29 is 23.6 Å². The minimum absolute atomic E-state index is 0.274. The molecular formula is C10H10F2N2O4. The fraction of sp³-hybridized carbons (Fsp3) is 0.300. The van der Waals surface area contributed by atoms with Gasteiger partial charge in [0.1, 0.15) is 5.82 Å². The number of halogens is 2. The molecule has 2 N–H and O–H groups in total. The molecule has 1 rings (SSSR count). The molecule has 18 heavy (non-hydrogen) atoms. The number of nitrogens with one attached hydrogen (secondary N) is 1. The third kappa shape index (κ3) is 2.98. The number of carbonyl (C=O) groups is 1. The predicted molar refractivity (Wildman–Crippen MR) is 57.0 cm³/mol. The van der Waals surface area contributed by atoms with Crippen LogP contribution in [0.15, 0.2) is 12.1 Å². The Kier molecular flexibility index (Phi) is 4.27. The van der Waals surface area contributed by atoms with Crippen molar-refractivity contribution >= 4 is 11.6 Å². The lowest BCUT2D eigenvalue weighted by Gasteiger charge is -2.11. The van der Waals surface area contributed by atoms with E-state index in [2.05, 4.69) is 5.32 Å². The number of nitro benzene ring substituents is 1. The molecule has 0 heterocycles. The van der Waals surface area contributed by atoms with Crippen LogP contribution in [-0.4, -0.2) is 28.6 Å². The van der Waals surface area contributed by atoms with E-state index in [1.807, 2.05) is 0 Å². The predicted octanol–water partition coefficient (Wildman–Crippen LogP) is 0.984. The topological polar surface area (TPSA) is 92.5 Å². The molecule has 1 aromatic carbocycles. The fourth-order valence-electron chi connectivity index (χ4n) is 1.20. The quantitative estimate of drug-likeness (QED) is 0.623. The number of amides is 1. The van der Waals surface area contributed by atoms with Gasteiger partial charge in [-0.2, -0.15) is 4.39 Å². The number of nitro groups is 1. The van der Waals surface area contributed by atoms with Gasteiger partial charge in [0.25, 0.3) is 5.91 Å². The van der Waals surface area contributed by atoms with Gasteiger partial charge in [0.05, 0.1) is 17.1 Å². The zero-order chi connectivity index (χ0) is 13.9. The van der Waals surface area contributed by atoms with Crippen molar-refractivity contribution in [3.8, 4) is 0 Å². The molecule has 1 atom stereocenters. The SMILES string of the molecule is C[C@H](CO)NC(=O)c1cc([N+](=O)[O-])c(F)cc1F. The van der Waals surface area contributed by atoms with Gasteiger partial charge in [-0.3, -0.25) is 14.9 Å². The normalized spacial score (nSPS) is 12.0. The van der Waals surface area contributed by atoms with Crippen LogP contribution in [-0.2, 0) is 0 Å². The summed E-state index contributed by atoms with van der Waals surface area (Å²) >= 11 is 0. The average Bonchev–Trinajstić information content (AvgIpc) is 2.27. The molecule has 98 valence electrons. The molecule has 1 amide bonds. The van der Waals surface area contributed by atoms with Crippen LogP contribution in [0.4, 0.5) is 14.5 Å². The number of aliphatic hydroxyl groups excluding tert-OH is 1. The molecule has 6 nitrogen and oxygen atoms in total. The highest BCUT2D eigenvalue weighted by Gasteiger charge is 2.22. The van der Waals surface area contributed by atoms with E-state index in [0.717, 1.165) is 0 Å². The summed E-state index contributed by atoms with van der Waals surface area (Å²) in [6, 6.07) is 0.141. The van der Waals surface area contributed by atoms with Crippen LogP contribution in [0.1, 0.15) is 17.3 Å². The van der Waals surface area contributed by atoms with Crippen LogP contribution < -0.4 is 5.32 Å². The lowest BCUT2D eigenvalue weighted by molar-refractivity contribution is -0.387. The van der Waals surface area contributed by atoms with Crippen molar-refractivity contribution in [3.63, 3.8) is 0 Å². The summed E-state index contributed by atoms with van der Waals surface area (Å²) < 4.78 is 26.3. The van der Waals surface area contributed by atoms with Crippen molar-refractivity contribution in [1.29, 1.82) is 0 Å². The van der Waals surface area contributed by atoms with Gasteiger partial charge in [0, 0.05) is 18.2 Å². The Balaban J connectivity index is 3.12. The van der Waals surface area contributed by atoms with Gasteiger partial charge in [-0.15, -0.1) is 0 Å². The first-order valence-corrected chi connectivity index (χ1v) is 4.92. The highest BCUT2D eigenvalue weighted by Crippen LogP contribution is 2.21. The molecular weight excluding hydrogens is 250 g/mol. The van der Waals surface area contributed by atoms with Crippen molar-refractivity contribution in [2.24, 2.45) is 0 Å². The molecule has 0 aliphatic rings. The van der Waals surface area contributed by atoms with Crippen molar-refractivity contribution in [2.75, 3.05) is 6.61 Å². The van der Waals surface area contributed by atoms with E-state index in [4.69, 9.17) is 5.11 Å². The lowest BCUT2D eigenvalue weighted by atomic mass is 10.1. The molecule has 0 unspecified atom stereocenters. The third-order valence-corrected chi connectivity index (χ3v) is 2.13. The number of benzene rings is 1. The molecule has 8 heteroatoms. The Morgan fingerprint density at radius 1 is 1.50 bits per heavy atom. The summed E-state index contributed by atoms with van der Waals surface area (Å²) in [4.78, 5) is 20.9. The summed E-state index contributed by atoms with van der Waals surface area (Å²) in [6.45, 7) is 1.07. The Bertz CT molecular complexity index is 493. The molecule has 0 spiro atoms. The number of hydrogen-bond donors (Lipinski definition) is 2. The van der Waals surface area contributed by atoms with E-state index in [-0.39, 0.29) is 12.7 Å². The van der Waals surface area contributed by atoms with Gasteiger partial charge in [-0.05, 0) is 6.92 Å². The van der Waals surface area contributed by atoms with E-state index in [1.54, 1.807) is 0 Å². The second kappa shape index (κ2) is 5.50. The van der Waals surface area contributed by atoms with Crippen LogP contribution >= 0.6 is 0 Å². The van der Waals surface area contributed by atoms with Crippen LogP contribution in [0.5, 0.6) is 0 Å². The zero-order valence-corrected chi connectivity index (χ0v) is 9.31. The maximum atomic E-state index is 13.3. The third-order valence-electron chi connectivity index (χ3n) is 2.13. The molecule has 0 aromatic heterocycles. The van der Waals surface area contributed by atoms with Gasteiger partial charge in [0.2, 0.25) is 5.82 Å². The highest BCUT2D eigenvalue weighted by molar-refractivity contribution is 5.95. The Hall–Kier alpha value is -2.09. The van der Waals surface area contributed by atoms with E-state index in [9.17, 15) is 23.7 Å². The van der Waals surface area contributed by atoms with Gasteiger partial charge < -0.3 is 10.4 Å².